The second kappa shape index (κ2) is 5.85. The number of rotatable bonds is 2. The Morgan fingerprint density at radius 3 is 2.54 bits per heavy atom. The molecule has 0 aliphatic heterocycles. The molecule has 4 aliphatic carbocycles. The van der Waals surface area contributed by atoms with Gasteiger partial charge in [-0.1, -0.05) is 47.0 Å². The van der Waals surface area contributed by atoms with Crippen LogP contribution in [0.2, 0.25) is 0 Å². The van der Waals surface area contributed by atoms with Gasteiger partial charge in [0.15, 0.2) is 0 Å². The molecule has 0 amide bonds. The van der Waals surface area contributed by atoms with Crippen LogP contribution in [0.4, 0.5) is 0 Å². The third kappa shape index (κ3) is 2.21. The van der Waals surface area contributed by atoms with Gasteiger partial charge in [-0.3, -0.25) is 4.79 Å². The van der Waals surface area contributed by atoms with Crippen molar-refractivity contribution in [2.75, 3.05) is 0 Å². The van der Waals surface area contributed by atoms with Gasteiger partial charge in [0.1, 0.15) is 5.78 Å². The molecule has 0 spiro atoms. The van der Waals surface area contributed by atoms with Crippen molar-refractivity contribution in [3.63, 3.8) is 0 Å². The van der Waals surface area contributed by atoms with Crippen molar-refractivity contribution in [1.29, 1.82) is 0 Å². The predicted molar refractivity (Wildman–Crippen MR) is 99.7 cm³/mol. The normalized spacial score (nSPS) is 52.3. The molecule has 136 valence electrons. The summed E-state index contributed by atoms with van der Waals surface area (Å²) in [5, 5.41) is 0. The molecule has 8 atom stereocenters. The summed E-state index contributed by atoms with van der Waals surface area (Å²) < 4.78 is 0. The second-order valence-corrected chi connectivity index (χ2v) is 10.5. The van der Waals surface area contributed by atoms with E-state index in [1.165, 1.54) is 51.4 Å². The predicted octanol–water partition coefficient (Wildman–Crippen LogP) is 6.26. The van der Waals surface area contributed by atoms with Crippen LogP contribution in [0.3, 0.4) is 0 Å². The van der Waals surface area contributed by atoms with Gasteiger partial charge in [0.05, 0.1) is 0 Å². The van der Waals surface area contributed by atoms with Gasteiger partial charge in [-0.25, -0.2) is 0 Å². The van der Waals surface area contributed by atoms with E-state index in [4.69, 9.17) is 0 Å². The Morgan fingerprint density at radius 1 is 1.00 bits per heavy atom. The van der Waals surface area contributed by atoms with Crippen molar-refractivity contribution in [2.45, 2.75) is 91.9 Å². The minimum Gasteiger partial charge on any atom is -0.299 e. The Balaban J connectivity index is 1.64. The van der Waals surface area contributed by atoms with E-state index in [0.29, 0.717) is 34.4 Å². The quantitative estimate of drug-likeness (QED) is 0.584. The Kier molecular flexibility index (Phi) is 4.17. The number of carbonyl (C=O) groups excluding carboxylic acids is 1. The highest BCUT2D eigenvalue weighted by molar-refractivity contribution is 5.85. The van der Waals surface area contributed by atoms with Crippen molar-refractivity contribution in [1.82, 2.24) is 0 Å². The van der Waals surface area contributed by atoms with E-state index in [9.17, 15) is 4.79 Å². The van der Waals surface area contributed by atoms with Crippen molar-refractivity contribution in [3.05, 3.63) is 0 Å². The van der Waals surface area contributed by atoms with Crippen LogP contribution in [0.1, 0.15) is 91.9 Å². The molecular formula is C23H38O. The zero-order chi connectivity index (χ0) is 17.1. The maximum atomic E-state index is 13.0. The molecule has 4 rings (SSSR count). The maximum absolute atomic E-state index is 13.0. The number of Topliss-reactive ketones (excluding diaryl/α,β-unsaturated/α-hetero) is 1. The van der Waals surface area contributed by atoms with Crippen LogP contribution in [-0.4, -0.2) is 5.78 Å². The second-order valence-electron chi connectivity index (χ2n) is 10.5. The first-order chi connectivity index (χ1) is 11.4. The lowest BCUT2D eigenvalue weighted by atomic mass is 9.44. The maximum Gasteiger partial charge on any atom is 0.137 e. The van der Waals surface area contributed by atoms with E-state index in [1.54, 1.807) is 0 Å². The van der Waals surface area contributed by atoms with Gasteiger partial charge >= 0.3 is 0 Å². The molecule has 4 fully saturated rings. The number of carbonyl (C=O) groups is 1. The Bertz CT molecular complexity index is 510. The molecule has 1 heteroatoms. The zero-order valence-corrected chi connectivity index (χ0v) is 16.4. The number of ketones is 1. The lowest BCUT2D eigenvalue weighted by Crippen LogP contribution is -2.53. The van der Waals surface area contributed by atoms with Gasteiger partial charge < -0.3 is 0 Å². The van der Waals surface area contributed by atoms with Crippen LogP contribution in [0.5, 0.6) is 0 Å². The molecule has 4 aliphatic rings. The van der Waals surface area contributed by atoms with Crippen LogP contribution in [0, 0.1) is 46.3 Å². The largest absolute Gasteiger partial charge is 0.299 e. The molecule has 0 bridgehead atoms. The van der Waals surface area contributed by atoms with E-state index >= 15 is 0 Å². The molecule has 24 heavy (non-hydrogen) atoms. The number of hydrogen-bond donors (Lipinski definition) is 0. The molecule has 0 radical (unpaired) electrons. The van der Waals surface area contributed by atoms with Crippen LogP contribution in [0.15, 0.2) is 0 Å². The molecule has 0 aromatic carbocycles. The summed E-state index contributed by atoms with van der Waals surface area (Å²) in [5.41, 5.74) is 0.908. The molecular weight excluding hydrogens is 292 g/mol. The lowest BCUT2D eigenvalue weighted by molar-refractivity contribution is -0.126. The van der Waals surface area contributed by atoms with Gasteiger partial charge in [0, 0.05) is 12.3 Å². The number of fused-ring (bicyclic) bond motifs is 5. The lowest BCUT2D eigenvalue weighted by Gasteiger charge is -2.60. The summed E-state index contributed by atoms with van der Waals surface area (Å²) in [6.07, 6.45) is 13.5. The monoisotopic (exact) mass is 330 g/mol. The fraction of sp³-hybridized carbons (Fsp3) is 0.957. The summed E-state index contributed by atoms with van der Waals surface area (Å²) in [7, 11) is 0. The zero-order valence-electron chi connectivity index (χ0n) is 16.4. The van der Waals surface area contributed by atoms with E-state index in [2.05, 4.69) is 27.7 Å². The Hall–Kier alpha value is -0.330. The Labute approximate surface area is 149 Å². The molecule has 0 heterocycles. The van der Waals surface area contributed by atoms with Gasteiger partial charge in [-0.05, 0) is 78.9 Å². The standard InChI is InChI=1S/C23H38O/c1-5-15(2)21-20(24)14-19-17-10-9-16-8-6-7-12-22(16,3)18(17)11-13-23(19,21)4/h15-19,21H,5-14H2,1-4H3/t15?,16-,17-,18+,19+,21+,22+,23+/m1/s1. The van der Waals surface area contributed by atoms with Crippen molar-refractivity contribution < 1.29 is 4.79 Å². The molecule has 0 saturated heterocycles. The molecule has 0 aromatic heterocycles. The summed E-state index contributed by atoms with van der Waals surface area (Å²) in [4.78, 5) is 13.0. The summed E-state index contributed by atoms with van der Waals surface area (Å²) in [6, 6.07) is 0. The van der Waals surface area contributed by atoms with Crippen molar-refractivity contribution in [3.8, 4) is 0 Å². The van der Waals surface area contributed by atoms with Crippen LogP contribution < -0.4 is 0 Å². The van der Waals surface area contributed by atoms with Gasteiger partial charge in [-0.2, -0.15) is 0 Å². The van der Waals surface area contributed by atoms with E-state index < -0.39 is 0 Å². The van der Waals surface area contributed by atoms with Crippen molar-refractivity contribution >= 4 is 5.78 Å². The smallest absolute Gasteiger partial charge is 0.137 e. The highest BCUT2D eigenvalue weighted by atomic mass is 16.1. The average molecular weight is 331 g/mol. The first-order valence-electron chi connectivity index (χ1n) is 10.9. The summed E-state index contributed by atoms with van der Waals surface area (Å²) >= 11 is 0. The third-order valence-electron chi connectivity index (χ3n) is 9.71. The fourth-order valence-corrected chi connectivity index (χ4v) is 8.33. The number of hydrogen-bond acceptors (Lipinski definition) is 1. The minimum absolute atomic E-state index is 0.311. The summed E-state index contributed by atoms with van der Waals surface area (Å²) in [5.74, 6) is 4.99. The van der Waals surface area contributed by atoms with Gasteiger partial charge in [-0.15, -0.1) is 0 Å². The molecule has 4 saturated carbocycles. The van der Waals surface area contributed by atoms with Crippen LogP contribution >= 0.6 is 0 Å². The highest BCUT2D eigenvalue weighted by Crippen LogP contribution is 2.67. The van der Waals surface area contributed by atoms with E-state index in [1.807, 2.05) is 0 Å². The molecule has 0 N–H and O–H groups in total. The fourth-order valence-electron chi connectivity index (χ4n) is 8.33. The average Bonchev–Trinajstić information content (AvgIpc) is 2.84. The summed E-state index contributed by atoms with van der Waals surface area (Å²) in [6.45, 7) is 9.75. The van der Waals surface area contributed by atoms with Crippen molar-refractivity contribution in [2.24, 2.45) is 46.3 Å². The minimum atomic E-state index is 0.311. The topological polar surface area (TPSA) is 17.1 Å². The first kappa shape index (κ1) is 17.1. The molecule has 1 unspecified atom stereocenters. The Morgan fingerprint density at radius 2 is 1.79 bits per heavy atom. The molecule has 0 aromatic rings. The van der Waals surface area contributed by atoms with E-state index in [0.717, 1.165) is 30.6 Å². The first-order valence-corrected chi connectivity index (χ1v) is 10.9. The highest BCUT2D eigenvalue weighted by Gasteiger charge is 2.62. The molecule has 1 nitrogen and oxygen atoms in total. The van der Waals surface area contributed by atoms with Gasteiger partial charge in [0.2, 0.25) is 0 Å². The third-order valence-corrected chi connectivity index (χ3v) is 9.71. The van der Waals surface area contributed by atoms with Crippen LogP contribution in [0.25, 0.3) is 0 Å². The van der Waals surface area contributed by atoms with Crippen LogP contribution in [-0.2, 0) is 4.79 Å². The SMILES string of the molecule is CCC(C)[C@H]1C(=O)C[C@H]2[C@@H]3CC[C@H]4CCCC[C@]4(C)[C@H]3CC[C@]12C. The van der Waals surface area contributed by atoms with Gasteiger partial charge in [0.25, 0.3) is 0 Å². The van der Waals surface area contributed by atoms with E-state index in [-0.39, 0.29) is 0 Å².